The maximum absolute atomic E-state index is 8.80. The predicted octanol–water partition coefficient (Wildman–Crippen LogP) is 4.80. The van der Waals surface area contributed by atoms with E-state index in [0.717, 1.165) is 24.9 Å². The van der Waals surface area contributed by atoms with Crippen molar-refractivity contribution in [2.45, 2.75) is 70.1 Å². The van der Waals surface area contributed by atoms with E-state index >= 15 is 0 Å². The number of hydrogen-bond acceptors (Lipinski definition) is 3. The van der Waals surface area contributed by atoms with Crippen LogP contribution in [0.15, 0.2) is 0 Å². The zero-order valence-electron chi connectivity index (χ0n) is 14.6. The summed E-state index contributed by atoms with van der Waals surface area (Å²) in [6.07, 6.45) is 2.42. The van der Waals surface area contributed by atoms with Crippen molar-refractivity contribution in [3.63, 3.8) is 0 Å². The third-order valence-corrected chi connectivity index (χ3v) is 11.2. The van der Waals surface area contributed by atoms with E-state index in [0.29, 0.717) is 12.8 Å². The lowest BCUT2D eigenvalue weighted by atomic mass is 10.1. The van der Waals surface area contributed by atoms with Crippen molar-refractivity contribution in [1.82, 2.24) is 0 Å². The normalized spacial score (nSPS) is 11.6. The van der Waals surface area contributed by atoms with Gasteiger partial charge in [-0.05, 0) is 51.1 Å². The molecular formula is C16H26N4OSi2. The van der Waals surface area contributed by atoms with Gasteiger partial charge in [-0.2, -0.15) is 10.5 Å². The lowest BCUT2D eigenvalue weighted by molar-refractivity contribution is 0.523. The summed E-state index contributed by atoms with van der Waals surface area (Å²) in [5, 5.41) is 17.6. The fourth-order valence-corrected chi connectivity index (χ4v) is 11.5. The van der Waals surface area contributed by atoms with Gasteiger partial charge < -0.3 is 4.12 Å². The van der Waals surface area contributed by atoms with E-state index in [4.69, 9.17) is 27.8 Å². The first-order valence-corrected chi connectivity index (χ1v) is 14.2. The second-order valence-corrected chi connectivity index (χ2v) is 15.8. The second kappa shape index (κ2) is 10.2. The van der Waals surface area contributed by atoms with Crippen LogP contribution in [0.1, 0.15) is 25.7 Å². The van der Waals surface area contributed by atoms with E-state index in [1.807, 2.05) is 12.1 Å². The summed E-state index contributed by atoms with van der Waals surface area (Å²) >= 11 is 0. The zero-order valence-corrected chi connectivity index (χ0v) is 16.6. The van der Waals surface area contributed by atoms with Crippen molar-refractivity contribution in [2.75, 3.05) is 0 Å². The molecule has 0 atom stereocenters. The second-order valence-electron chi connectivity index (χ2n) is 6.96. The molecule has 0 saturated heterocycles. The van der Waals surface area contributed by atoms with Gasteiger partial charge in [-0.15, -0.1) is 0 Å². The molecule has 0 unspecified atom stereocenters. The first kappa shape index (κ1) is 21.4. The van der Waals surface area contributed by atoms with Crippen LogP contribution in [-0.2, 0) is 4.12 Å². The Morgan fingerprint density at radius 2 is 1.35 bits per heavy atom. The van der Waals surface area contributed by atoms with Gasteiger partial charge in [0, 0.05) is 0 Å². The molecule has 0 aliphatic rings. The quantitative estimate of drug-likeness (QED) is 0.421. The van der Waals surface area contributed by atoms with Crippen LogP contribution in [0, 0.1) is 41.7 Å². The monoisotopic (exact) mass is 346 g/mol. The van der Waals surface area contributed by atoms with Gasteiger partial charge in [-0.25, -0.2) is 22.8 Å². The van der Waals surface area contributed by atoms with Crippen molar-refractivity contribution >= 4 is 16.6 Å². The minimum Gasteiger partial charge on any atom is -0.455 e. The summed E-state index contributed by atoms with van der Waals surface area (Å²) in [6, 6.07) is 5.94. The van der Waals surface area contributed by atoms with Crippen LogP contribution in [0.4, 0.5) is 0 Å². The highest BCUT2D eigenvalue weighted by Gasteiger charge is 2.33. The fourth-order valence-electron chi connectivity index (χ4n) is 2.61. The molecule has 0 aromatic heterocycles. The van der Waals surface area contributed by atoms with Crippen molar-refractivity contribution in [3.05, 3.63) is 22.8 Å². The van der Waals surface area contributed by atoms with Gasteiger partial charge in [0.05, 0.1) is 12.1 Å². The first-order chi connectivity index (χ1) is 10.7. The van der Waals surface area contributed by atoms with Crippen LogP contribution in [0.5, 0.6) is 0 Å². The summed E-state index contributed by atoms with van der Waals surface area (Å²) in [4.78, 5) is 6.60. The van der Waals surface area contributed by atoms with Crippen molar-refractivity contribution < 1.29 is 4.12 Å². The Morgan fingerprint density at radius 1 is 0.913 bits per heavy atom. The first-order valence-electron chi connectivity index (χ1n) is 7.92. The Labute approximate surface area is 142 Å². The van der Waals surface area contributed by atoms with E-state index in [9.17, 15) is 0 Å². The highest BCUT2D eigenvalue weighted by molar-refractivity contribution is 6.84. The minimum absolute atomic E-state index is 0.510. The molecule has 0 radical (unpaired) electrons. The third-order valence-electron chi connectivity index (χ3n) is 3.68. The molecule has 0 bridgehead atoms. The van der Waals surface area contributed by atoms with Gasteiger partial charge in [0.15, 0.2) is 16.6 Å². The molecule has 5 nitrogen and oxygen atoms in total. The van der Waals surface area contributed by atoms with Crippen molar-refractivity contribution in [3.8, 4) is 12.1 Å². The summed E-state index contributed by atoms with van der Waals surface area (Å²) in [7, 11) is -3.60. The largest absolute Gasteiger partial charge is 0.474 e. The van der Waals surface area contributed by atoms with Crippen LogP contribution < -0.4 is 0 Å². The summed E-state index contributed by atoms with van der Waals surface area (Å²) in [5.41, 5.74) is 0. The van der Waals surface area contributed by atoms with Crippen LogP contribution in [0.25, 0.3) is 9.69 Å². The molecule has 0 saturated carbocycles. The number of nitriles is 2. The molecule has 0 spiro atoms. The topological polar surface area (TPSA) is 65.5 Å². The van der Waals surface area contributed by atoms with Gasteiger partial charge in [-0.3, -0.25) is 0 Å². The summed E-state index contributed by atoms with van der Waals surface area (Å²) in [6.45, 7) is 22.6. The summed E-state index contributed by atoms with van der Waals surface area (Å²) < 4.78 is 6.48. The third kappa shape index (κ3) is 9.87. The molecule has 0 fully saturated rings. The van der Waals surface area contributed by atoms with Gasteiger partial charge in [0.1, 0.15) is 12.3 Å². The van der Waals surface area contributed by atoms with Crippen molar-refractivity contribution in [2.24, 2.45) is 5.92 Å². The van der Waals surface area contributed by atoms with Crippen LogP contribution in [0.2, 0.25) is 38.3 Å². The molecule has 7 heteroatoms. The SMILES string of the molecule is [C-]#[N+]C(CCC[Si](C)(C)O[Si](C)(C)CCCC(C#N)C#N)[N+]#[C-]. The van der Waals surface area contributed by atoms with E-state index in [-0.39, 0.29) is 0 Å². The lowest BCUT2D eigenvalue weighted by Gasteiger charge is -2.34. The zero-order chi connectivity index (χ0) is 17.9. The van der Waals surface area contributed by atoms with Gasteiger partial charge in [0.25, 0.3) is 0 Å². The smallest absolute Gasteiger partial charge is 0.455 e. The molecule has 0 aromatic carbocycles. The van der Waals surface area contributed by atoms with E-state index in [1.165, 1.54) is 0 Å². The van der Waals surface area contributed by atoms with Gasteiger partial charge in [-0.1, -0.05) is 6.42 Å². The number of hydrogen-bond donors (Lipinski definition) is 0. The molecule has 0 aliphatic heterocycles. The standard InChI is InChI=1S/C16H26N4OSi2/c1-19-16(20-2)10-8-12-23(5,6)21-22(3,4)11-7-9-15(13-17)14-18/h15-16H,7-12H2,3-6H3. The average Bonchev–Trinajstić information content (AvgIpc) is 2.47. The Bertz CT molecular complexity index is 458. The Balaban J connectivity index is 4.30. The lowest BCUT2D eigenvalue weighted by Crippen LogP contribution is -2.44. The Kier molecular flexibility index (Phi) is 9.46. The Hall–Kier alpha value is -1.65. The minimum atomic E-state index is -1.80. The predicted molar refractivity (Wildman–Crippen MR) is 95.8 cm³/mol. The maximum atomic E-state index is 8.80. The molecule has 0 N–H and O–H groups in total. The molecule has 0 heterocycles. The fraction of sp³-hybridized carbons (Fsp3) is 0.750. The molecule has 23 heavy (non-hydrogen) atoms. The molecule has 0 aliphatic carbocycles. The molecular weight excluding hydrogens is 320 g/mol. The van der Waals surface area contributed by atoms with Crippen LogP contribution >= 0.6 is 0 Å². The van der Waals surface area contributed by atoms with Crippen LogP contribution in [-0.4, -0.2) is 22.8 Å². The molecule has 0 rings (SSSR count). The van der Waals surface area contributed by atoms with Crippen molar-refractivity contribution in [1.29, 1.82) is 10.5 Å². The molecule has 124 valence electrons. The van der Waals surface area contributed by atoms with Gasteiger partial charge in [0.2, 0.25) is 0 Å². The maximum Gasteiger partial charge on any atom is 0.474 e. The van der Waals surface area contributed by atoms with E-state index in [1.54, 1.807) is 0 Å². The summed E-state index contributed by atoms with van der Waals surface area (Å²) in [5.74, 6) is -0.510. The highest BCUT2D eigenvalue weighted by Crippen LogP contribution is 2.26. The Morgan fingerprint density at radius 3 is 1.74 bits per heavy atom. The van der Waals surface area contributed by atoms with Gasteiger partial charge >= 0.3 is 6.17 Å². The highest BCUT2D eigenvalue weighted by atomic mass is 28.4. The van der Waals surface area contributed by atoms with E-state index < -0.39 is 28.7 Å². The van der Waals surface area contributed by atoms with E-state index in [2.05, 4.69) is 35.9 Å². The van der Waals surface area contributed by atoms with Crippen LogP contribution in [0.3, 0.4) is 0 Å². The molecule has 0 aromatic rings. The molecule has 0 amide bonds. The number of nitrogens with zero attached hydrogens (tertiary/aromatic N) is 4. The number of rotatable bonds is 10. The average molecular weight is 347 g/mol.